The fourth-order valence-corrected chi connectivity index (χ4v) is 2.96. The molecular weight excluding hydrogens is 345 g/mol. The van der Waals surface area contributed by atoms with E-state index in [0.29, 0.717) is 19.5 Å². The fraction of sp³-hybridized carbons (Fsp3) is 0.333. The first-order valence-electron chi connectivity index (χ1n) is 9.31. The number of anilines is 2. The molecule has 1 saturated carbocycles. The molecule has 5 nitrogen and oxygen atoms in total. The molecule has 1 aliphatic carbocycles. The number of hydrogen-bond donors (Lipinski definition) is 2. The number of carbonyl (C=O) groups excluding carboxylic acids is 2. The van der Waals surface area contributed by atoms with Crippen LogP contribution in [0.4, 0.5) is 20.6 Å². The lowest BCUT2D eigenvalue weighted by atomic mass is 9.85. The van der Waals surface area contributed by atoms with E-state index >= 15 is 0 Å². The number of hydrogen-bond acceptors (Lipinski definition) is 2. The Balaban J connectivity index is 1.59. The minimum absolute atomic E-state index is 0.100. The van der Waals surface area contributed by atoms with E-state index < -0.39 is 11.8 Å². The topological polar surface area (TPSA) is 61.4 Å². The van der Waals surface area contributed by atoms with E-state index in [-0.39, 0.29) is 17.5 Å². The van der Waals surface area contributed by atoms with E-state index in [0.717, 1.165) is 24.9 Å². The van der Waals surface area contributed by atoms with Crippen molar-refractivity contribution in [3.63, 3.8) is 0 Å². The molecule has 2 aromatic carbocycles. The van der Waals surface area contributed by atoms with E-state index in [9.17, 15) is 14.0 Å². The van der Waals surface area contributed by atoms with Crippen LogP contribution >= 0.6 is 0 Å². The number of nitrogens with zero attached hydrogens (tertiary/aromatic N) is 1. The number of amides is 3. The number of carbonyl (C=O) groups is 2. The average Bonchev–Trinajstić information content (AvgIpc) is 2.63. The summed E-state index contributed by atoms with van der Waals surface area (Å²) in [4.78, 5) is 26.2. The zero-order valence-corrected chi connectivity index (χ0v) is 15.2. The molecule has 6 heteroatoms. The van der Waals surface area contributed by atoms with Gasteiger partial charge < -0.3 is 10.6 Å². The Labute approximate surface area is 158 Å². The van der Waals surface area contributed by atoms with Crippen LogP contribution in [0.3, 0.4) is 0 Å². The Morgan fingerprint density at radius 3 is 2.41 bits per heavy atom. The third kappa shape index (κ3) is 5.06. The predicted octanol–water partition coefficient (Wildman–Crippen LogP) is 4.17. The van der Waals surface area contributed by atoms with Crippen LogP contribution in [0.15, 0.2) is 54.6 Å². The molecule has 2 aromatic rings. The lowest BCUT2D eigenvalue weighted by molar-refractivity contribution is -0.127. The molecule has 0 aromatic heterocycles. The van der Waals surface area contributed by atoms with Gasteiger partial charge in [-0.3, -0.25) is 9.69 Å². The molecule has 3 amide bonds. The quantitative estimate of drug-likeness (QED) is 0.720. The molecular formula is C21H24FN3O2. The Kier molecular flexibility index (Phi) is 6.41. The van der Waals surface area contributed by atoms with E-state index in [1.165, 1.54) is 12.1 Å². The lowest BCUT2D eigenvalue weighted by Crippen LogP contribution is -2.39. The van der Waals surface area contributed by atoms with E-state index in [1.807, 2.05) is 30.3 Å². The number of benzene rings is 2. The summed E-state index contributed by atoms with van der Waals surface area (Å²) in [5.41, 5.74) is 0.860. The highest BCUT2D eigenvalue weighted by Crippen LogP contribution is 2.26. The Bertz CT molecular complexity index is 778. The summed E-state index contributed by atoms with van der Waals surface area (Å²) >= 11 is 0. The summed E-state index contributed by atoms with van der Waals surface area (Å²) in [6.07, 6.45) is 3.66. The van der Waals surface area contributed by atoms with Crippen molar-refractivity contribution >= 4 is 23.3 Å². The highest BCUT2D eigenvalue weighted by Gasteiger charge is 2.24. The Hall–Kier alpha value is -2.89. The van der Waals surface area contributed by atoms with Crippen LogP contribution in [-0.2, 0) is 4.79 Å². The molecule has 0 heterocycles. The molecule has 0 saturated heterocycles. The Morgan fingerprint density at radius 1 is 1.04 bits per heavy atom. The van der Waals surface area contributed by atoms with Crippen LogP contribution in [0, 0.1) is 11.7 Å². The van der Waals surface area contributed by atoms with Gasteiger partial charge in [0, 0.05) is 24.7 Å². The maximum Gasteiger partial charge on any atom is 0.326 e. The molecule has 0 bridgehead atoms. The number of rotatable bonds is 7. The molecule has 0 spiro atoms. The van der Waals surface area contributed by atoms with Crippen LogP contribution in [0.5, 0.6) is 0 Å². The monoisotopic (exact) mass is 369 g/mol. The molecule has 3 rings (SSSR count). The number of nitrogens with one attached hydrogen (secondary N) is 2. The normalized spacial score (nSPS) is 13.5. The molecule has 142 valence electrons. The first-order valence-corrected chi connectivity index (χ1v) is 9.31. The van der Waals surface area contributed by atoms with Crippen molar-refractivity contribution < 1.29 is 14.0 Å². The van der Waals surface area contributed by atoms with Crippen molar-refractivity contribution in [1.82, 2.24) is 5.32 Å². The van der Waals surface area contributed by atoms with Gasteiger partial charge in [0.2, 0.25) is 5.91 Å². The standard InChI is InChI=1S/C21H24FN3O2/c22-18-12-4-5-13-19(18)24-21(27)25(17-10-2-1-3-11-17)15-7-14-23-20(26)16-8-6-9-16/h1-5,10-13,16H,6-9,14-15H2,(H,23,26)(H,24,27). The third-order valence-corrected chi connectivity index (χ3v) is 4.76. The van der Waals surface area contributed by atoms with E-state index in [2.05, 4.69) is 10.6 Å². The largest absolute Gasteiger partial charge is 0.356 e. The molecule has 2 N–H and O–H groups in total. The molecule has 0 radical (unpaired) electrons. The van der Waals surface area contributed by atoms with Gasteiger partial charge in [-0.05, 0) is 43.5 Å². The maximum atomic E-state index is 13.8. The molecule has 1 fully saturated rings. The van der Waals surface area contributed by atoms with Gasteiger partial charge >= 0.3 is 6.03 Å². The molecule has 0 aliphatic heterocycles. The summed E-state index contributed by atoms with van der Waals surface area (Å²) in [7, 11) is 0. The van der Waals surface area contributed by atoms with Crippen molar-refractivity contribution in [3.8, 4) is 0 Å². The van der Waals surface area contributed by atoms with Crippen LogP contribution in [-0.4, -0.2) is 25.0 Å². The zero-order valence-electron chi connectivity index (χ0n) is 15.2. The van der Waals surface area contributed by atoms with E-state index in [4.69, 9.17) is 0 Å². The van der Waals surface area contributed by atoms with Gasteiger partial charge in [-0.1, -0.05) is 36.8 Å². The molecule has 27 heavy (non-hydrogen) atoms. The molecule has 1 aliphatic rings. The van der Waals surface area contributed by atoms with Crippen LogP contribution in [0.2, 0.25) is 0 Å². The fourth-order valence-electron chi connectivity index (χ4n) is 2.96. The van der Waals surface area contributed by atoms with Gasteiger partial charge in [0.05, 0.1) is 5.69 Å². The molecule has 0 atom stereocenters. The number of halogens is 1. The van der Waals surface area contributed by atoms with Gasteiger partial charge in [0.15, 0.2) is 0 Å². The smallest absolute Gasteiger partial charge is 0.326 e. The first-order chi connectivity index (χ1) is 13.1. The summed E-state index contributed by atoms with van der Waals surface area (Å²) in [6, 6.07) is 14.9. The predicted molar refractivity (Wildman–Crippen MR) is 104 cm³/mol. The zero-order chi connectivity index (χ0) is 19.1. The van der Waals surface area contributed by atoms with Gasteiger partial charge in [-0.25, -0.2) is 9.18 Å². The second-order valence-corrected chi connectivity index (χ2v) is 6.67. The summed E-state index contributed by atoms with van der Waals surface area (Å²) < 4.78 is 13.8. The maximum absolute atomic E-state index is 13.8. The van der Waals surface area contributed by atoms with Crippen molar-refractivity contribution in [2.45, 2.75) is 25.7 Å². The molecule has 0 unspecified atom stereocenters. The number of urea groups is 1. The summed E-state index contributed by atoms with van der Waals surface area (Å²) in [5.74, 6) is -0.227. The van der Waals surface area contributed by atoms with Crippen molar-refractivity contribution in [3.05, 3.63) is 60.4 Å². The van der Waals surface area contributed by atoms with E-state index in [1.54, 1.807) is 17.0 Å². The SMILES string of the molecule is O=C(NCCCN(C(=O)Nc1ccccc1F)c1ccccc1)C1CCC1. The minimum atomic E-state index is -0.480. The van der Waals surface area contributed by atoms with Crippen molar-refractivity contribution in [2.75, 3.05) is 23.3 Å². The van der Waals surface area contributed by atoms with Gasteiger partial charge in [0.25, 0.3) is 0 Å². The van der Waals surface area contributed by atoms with Gasteiger partial charge in [0.1, 0.15) is 5.82 Å². The average molecular weight is 369 g/mol. The van der Waals surface area contributed by atoms with Crippen molar-refractivity contribution in [2.24, 2.45) is 5.92 Å². The highest BCUT2D eigenvalue weighted by molar-refractivity contribution is 6.01. The second kappa shape index (κ2) is 9.16. The summed E-state index contributed by atoms with van der Waals surface area (Å²) in [5, 5.41) is 5.55. The van der Waals surface area contributed by atoms with Gasteiger partial charge in [-0.2, -0.15) is 0 Å². The Morgan fingerprint density at radius 2 is 1.74 bits per heavy atom. The number of para-hydroxylation sites is 2. The lowest BCUT2D eigenvalue weighted by Gasteiger charge is -2.25. The minimum Gasteiger partial charge on any atom is -0.356 e. The second-order valence-electron chi connectivity index (χ2n) is 6.67. The summed E-state index contributed by atoms with van der Waals surface area (Å²) in [6.45, 7) is 0.918. The van der Waals surface area contributed by atoms with Crippen LogP contribution in [0.1, 0.15) is 25.7 Å². The van der Waals surface area contributed by atoms with Crippen LogP contribution < -0.4 is 15.5 Å². The third-order valence-electron chi connectivity index (χ3n) is 4.76. The van der Waals surface area contributed by atoms with Crippen molar-refractivity contribution in [1.29, 1.82) is 0 Å². The van der Waals surface area contributed by atoms with Gasteiger partial charge in [-0.15, -0.1) is 0 Å². The highest BCUT2D eigenvalue weighted by atomic mass is 19.1. The first kappa shape index (κ1) is 18.9. The van der Waals surface area contributed by atoms with Crippen LogP contribution in [0.25, 0.3) is 0 Å².